The second-order valence-electron chi connectivity index (χ2n) is 5.65. The zero-order valence-corrected chi connectivity index (χ0v) is 13.7. The Morgan fingerprint density at radius 3 is 2.91 bits per heavy atom. The van der Waals surface area contributed by atoms with Crippen molar-refractivity contribution in [1.82, 2.24) is 4.90 Å². The highest BCUT2D eigenvalue weighted by Gasteiger charge is 2.19. The molecular weight excluding hydrogens is 306 g/mol. The minimum Gasteiger partial charge on any atom is -0.491 e. The quantitative estimate of drug-likeness (QED) is 0.901. The van der Waals surface area contributed by atoms with Crippen molar-refractivity contribution in [3.05, 3.63) is 28.8 Å². The summed E-state index contributed by atoms with van der Waals surface area (Å²) in [6.45, 7) is 7.35. The summed E-state index contributed by atoms with van der Waals surface area (Å²) in [6.07, 6.45) is 1.52. The van der Waals surface area contributed by atoms with Crippen LogP contribution in [0.4, 0.5) is 0 Å². The first-order chi connectivity index (χ1) is 10.5. The number of ether oxygens (including phenoxy) is 2. The topological polar surface area (TPSA) is 59.0 Å². The van der Waals surface area contributed by atoms with Gasteiger partial charge in [0, 0.05) is 19.6 Å². The number of nitrogens with zero attached hydrogens (tertiary/aromatic N) is 1. The van der Waals surface area contributed by atoms with E-state index < -0.39 is 5.97 Å². The number of carboxylic acids is 1. The van der Waals surface area contributed by atoms with Crippen LogP contribution in [0.15, 0.2) is 18.2 Å². The highest BCUT2D eigenvalue weighted by molar-refractivity contribution is 6.32. The minimum atomic E-state index is -0.999. The van der Waals surface area contributed by atoms with Gasteiger partial charge in [0.25, 0.3) is 0 Å². The Morgan fingerprint density at radius 1 is 1.45 bits per heavy atom. The van der Waals surface area contributed by atoms with Gasteiger partial charge >= 0.3 is 5.97 Å². The zero-order chi connectivity index (χ0) is 16.1. The smallest absolute Gasteiger partial charge is 0.335 e. The molecule has 1 saturated heterocycles. The molecule has 2 rings (SSSR count). The molecule has 0 amide bonds. The van der Waals surface area contributed by atoms with Crippen molar-refractivity contribution in [3.63, 3.8) is 0 Å². The van der Waals surface area contributed by atoms with Crippen molar-refractivity contribution in [3.8, 4) is 5.75 Å². The van der Waals surface area contributed by atoms with Crippen LogP contribution >= 0.6 is 11.6 Å². The van der Waals surface area contributed by atoms with Crippen LogP contribution in [0.3, 0.4) is 0 Å². The molecule has 122 valence electrons. The first kappa shape index (κ1) is 17.1. The molecule has 0 radical (unpaired) electrons. The van der Waals surface area contributed by atoms with Crippen LogP contribution in [0.2, 0.25) is 5.02 Å². The highest BCUT2D eigenvalue weighted by Crippen LogP contribution is 2.25. The Labute approximate surface area is 135 Å². The van der Waals surface area contributed by atoms with Crippen LogP contribution < -0.4 is 4.74 Å². The van der Waals surface area contributed by atoms with E-state index in [-0.39, 0.29) is 11.7 Å². The first-order valence-corrected chi connectivity index (χ1v) is 7.87. The summed E-state index contributed by atoms with van der Waals surface area (Å²) < 4.78 is 11.5. The predicted molar refractivity (Wildman–Crippen MR) is 85.0 cm³/mol. The maximum atomic E-state index is 10.9. The Morgan fingerprint density at radius 2 is 2.23 bits per heavy atom. The molecule has 1 aliphatic rings. The van der Waals surface area contributed by atoms with E-state index in [1.54, 1.807) is 6.07 Å². The number of hydrogen-bond donors (Lipinski definition) is 1. The number of carbonyl (C=O) groups is 1. The van der Waals surface area contributed by atoms with Gasteiger partial charge in [-0.25, -0.2) is 4.79 Å². The molecule has 0 aromatic heterocycles. The van der Waals surface area contributed by atoms with Gasteiger partial charge in [0.15, 0.2) is 0 Å². The third-order valence-electron chi connectivity index (χ3n) is 3.68. The van der Waals surface area contributed by atoms with Gasteiger partial charge in [-0.05, 0) is 38.5 Å². The molecule has 0 bridgehead atoms. The number of rotatable bonds is 5. The number of carboxylic acid groups (broad SMARTS) is 1. The largest absolute Gasteiger partial charge is 0.491 e. The van der Waals surface area contributed by atoms with Crippen molar-refractivity contribution in [1.29, 1.82) is 0 Å². The Hall–Kier alpha value is -1.30. The van der Waals surface area contributed by atoms with Gasteiger partial charge in [0.2, 0.25) is 0 Å². The number of benzene rings is 1. The molecule has 0 aliphatic carbocycles. The number of halogens is 1. The predicted octanol–water partition coefficient (Wildman–Crippen LogP) is 2.92. The van der Waals surface area contributed by atoms with E-state index in [4.69, 9.17) is 26.2 Å². The van der Waals surface area contributed by atoms with Crippen molar-refractivity contribution >= 4 is 17.6 Å². The molecule has 1 N–H and O–H groups in total. The Balaban J connectivity index is 1.84. The summed E-state index contributed by atoms with van der Waals surface area (Å²) in [7, 11) is 0. The summed E-state index contributed by atoms with van der Waals surface area (Å²) in [5.74, 6) is -0.486. The van der Waals surface area contributed by atoms with Crippen molar-refractivity contribution in [2.75, 3.05) is 26.2 Å². The van der Waals surface area contributed by atoms with Crippen molar-refractivity contribution < 1.29 is 19.4 Å². The monoisotopic (exact) mass is 327 g/mol. The second kappa shape index (κ2) is 7.81. The van der Waals surface area contributed by atoms with E-state index in [0.717, 1.165) is 26.1 Å². The fourth-order valence-electron chi connectivity index (χ4n) is 2.57. The molecule has 1 aromatic rings. The molecular formula is C16H22ClNO4. The van der Waals surface area contributed by atoms with Crippen LogP contribution in [0.5, 0.6) is 5.75 Å². The molecule has 1 aliphatic heterocycles. The standard InChI is InChI=1S/C16H22ClNO4/c1-11-5-6-18(10-12(2)22-11)7-8-21-15-4-3-13(16(19)20)9-14(15)17/h3-4,9,11-12H,5-8,10H2,1-2H3,(H,19,20)/t11-,12+/m1/s1. The molecule has 0 spiro atoms. The molecule has 22 heavy (non-hydrogen) atoms. The maximum Gasteiger partial charge on any atom is 0.335 e. The summed E-state index contributed by atoms with van der Waals surface area (Å²) >= 11 is 6.04. The van der Waals surface area contributed by atoms with Gasteiger partial charge in [-0.2, -0.15) is 0 Å². The molecule has 1 aromatic carbocycles. The fraction of sp³-hybridized carbons (Fsp3) is 0.562. The maximum absolute atomic E-state index is 10.9. The lowest BCUT2D eigenvalue weighted by molar-refractivity contribution is 0.0137. The van der Waals surface area contributed by atoms with Crippen LogP contribution in [0.25, 0.3) is 0 Å². The second-order valence-corrected chi connectivity index (χ2v) is 6.05. The van der Waals surface area contributed by atoms with Gasteiger partial charge in [-0.1, -0.05) is 11.6 Å². The Kier molecular flexibility index (Phi) is 6.06. The van der Waals surface area contributed by atoms with Crippen LogP contribution in [0.1, 0.15) is 30.6 Å². The summed E-state index contributed by atoms with van der Waals surface area (Å²) in [4.78, 5) is 13.2. The van der Waals surface area contributed by atoms with Gasteiger partial charge < -0.3 is 14.6 Å². The van der Waals surface area contributed by atoms with Gasteiger partial charge in [0.05, 0.1) is 22.8 Å². The summed E-state index contributed by atoms with van der Waals surface area (Å²) in [6, 6.07) is 4.50. The molecule has 0 saturated carbocycles. The van der Waals surface area contributed by atoms with Crippen molar-refractivity contribution in [2.24, 2.45) is 0 Å². The van der Waals surface area contributed by atoms with Crippen molar-refractivity contribution in [2.45, 2.75) is 32.5 Å². The fourth-order valence-corrected chi connectivity index (χ4v) is 2.80. The number of aromatic carboxylic acids is 1. The first-order valence-electron chi connectivity index (χ1n) is 7.49. The molecule has 1 heterocycles. The zero-order valence-electron chi connectivity index (χ0n) is 12.9. The van der Waals surface area contributed by atoms with E-state index in [2.05, 4.69) is 18.7 Å². The minimum absolute atomic E-state index is 0.157. The lowest BCUT2D eigenvalue weighted by Gasteiger charge is -2.21. The number of hydrogen-bond acceptors (Lipinski definition) is 4. The van der Waals surface area contributed by atoms with E-state index in [1.807, 2.05) is 0 Å². The summed E-state index contributed by atoms with van der Waals surface area (Å²) in [5.41, 5.74) is 0.157. The van der Waals surface area contributed by atoms with E-state index >= 15 is 0 Å². The Bertz CT molecular complexity index is 523. The third-order valence-corrected chi connectivity index (χ3v) is 3.97. The average Bonchev–Trinajstić information content (AvgIpc) is 2.61. The molecule has 0 unspecified atom stereocenters. The van der Waals surface area contributed by atoms with Crippen LogP contribution in [-0.2, 0) is 4.74 Å². The average molecular weight is 328 g/mol. The molecule has 6 heteroatoms. The lowest BCUT2D eigenvalue weighted by atomic mass is 10.2. The summed E-state index contributed by atoms with van der Waals surface area (Å²) in [5, 5.41) is 9.22. The normalized spacial score (nSPS) is 23.0. The SMILES string of the molecule is C[C@@H]1CCN(CCOc2ccc(C(=O)O)cc2Cl)C[C@H](C)O1. The van der Waals surface area contributed by atoms with Gasteiger partial charge in [0.1, 0.15) is 12.4 Å². The van der Waals surface area contributed by atoms with Gasteiger partial charge in [-0.15, -0.1) is 0 Å². The van der Waals surface area contributed by atoms with E-state index in [9.17, 15) is 4.79 Å². The highest BCUT2D eigenvalue weighted by atomic mass is 35.5. The molecule has 2 atom stereocenters. The lowest BCUT2D eigenvalue weighted by Crippen LogP contribution is -2.33. The molecule has 1 fully saturated rings. The molecule has 5 nitrogen and oxygen atoms in total. The third kappa shape index (κ3) is 4.87. The van der Waals surface area contributed by atoms with Crippen LogP contribution in [-0.4, -0.2) is 54.4 Å². The van der Waals surface area contributed by atoms with E-state index in [1.165, 1.54) is 12.1 Å². The van der Waals surface area contributed by atoms with Gasteiger partial charge in [-0.3, -0.25) is 4.90 Å². The van der Waals surface area contributed by atoms with E-state index in [0.29, 0.717) is 23.5 Å². The van der Waals surface area contributed by atoms with Crippen LogP contribution in [0, 0.1) is 0 Å².